The summed E-state index contributed by atoms with van der Waals surface area (Å²) in [5.41, 5.74) is 0.188. The Morgan fingerprint density at radius 2 is 1.93 bits per heavy atom. The third-order valence-corrected chi connectivity index (χ3v) is 6.72. The summed E-state index contributed by atoms with van der Waals surface area (Å²) in [6.45, 7) is 10.4. The number of fused-ring (bicyclic) bond motifs is 1. The van der Waals surface area contributed by atoms with E-state index in [1.165, 1.54) is 44.9 Å². The van der Waals surface area contributed by atoms with Crippen molar-refractivity contribution >= 4 is 5.96 Å². The molecule has 3 unspecified atom stereocenters. The highest BCUT2D eigenvalue weighted by molar-refractivity contribution is 5.80. The van der Waals surface area contributed by atoms with Crippen LogP contribution in [0.1, 0.15) is 78.6 Å². The maximum absolute atomic E-state index is 6.01. The molecule has 3 aliphatic rings. The summed E-state index contributed by atoms with van der Waals surface area (Å²) in [4.78, 5) is 4.82. The molecule has 3 fully saturated rings. The quantitative estimate of drug-likeness (QED) is 0.363. The van der Waals surface area contributed by atoms with Crippen LogP contribution in [0.5, 0.6) is 0 Å². The Bertz CT molecular complexity index is 474. The molecule has 2 N–H and O–H groups in total. The lowest BCUT2D eigenvalue weighted by Gasteiger charge is -2.54. The number of rotatable bonds is 9. The van der Waals surface area contributed by atoms with Crippen molar-refractivity contribution in [3.8, 4) is 0 Å². The van der Waals surface area contributed by atoms with E-state index in [1.807, 2.05) is 0 Å². The second kappa shape index (κ2) is 10.1. The maximum atomic E-state index is 6.01. The van der Waals surface area contributed by atoms with Crippen molar-refractivity contribution in [1.29, 1.82) is 0 Å². The van der Waals surface area contributed by atoms with Gasteiger partial charge >= 0.3 is 0 Å². The normalized spacial score (nSPS) is 30.6. The molecule has 1 aliphatic heterocycles. The second-order valence-corrected chi connectivity index (χ2v) is 9.14. The van der Waals surface area contributed by atoms with E-state index in [-0.39, 0.29) is 5.41 Å². The lowest BCUT2D eigenvalue weighted by Crippen LogP contribution is -2.67. The van der Waals surface area contributed by atoms with Crippen molar-refractivity contribution < 1.29 is 9.47 Å². The molecule has 2 saturated carbocycles. The Morgan fingerprint density at radius 1 is 1.11 bits per heavy atom. The van der Waals surface area contributed by atoms with Crippen molar-refractivity contribution in [2.24, 2.45) is 16.3 Å². The van der Waals surface area contributed by atoms with Gasteiger partial charge in [0.15, 0.2) is 5.96 Å². The van der Waals surface area contributed by atoms with E-state index in [4.69, 9.17) is 14.5 Å². The Balaban J connectivity index is 1.33. The average Bonchev–Trinajstić information content (AvgIpc) is 3.13. The summed E-state index contributed by atoms with van der Waals surface area (Å²) in [5, 5.41) is 7.11. The van der Waals surface area contributed by atoms with E-state index >= 15 is 0 Å². The molecule has 156 valence electrons. The topological polar surface area (TPSA) is 54.9 Å². The lowest BCUT2D eigenvalue weighted by atomic mass is 9.57. The molecule has 0 radical (unpaired) electrons. The molecular formula is C22H41N3O2. The molecular weight excluding hydrogens is 338 g/mol. The summed E-state index contributed by atoms with van der Waals surface area (Å²) in [5.74, 6) is 1.61. The monoisotopic (exact) mass is 379 g/mol. The summed E-state index contributed by atoms with van der Waals surface area (Å²) < 4.78 is 11.9. The predicted molar refractivity (Wildman–Crippen MR) is 111 cm³/mol. The van der Waals surface area contributed by atoms with Gasteiger partial charge in [-0.25, -0.2) is 0 Å². The zero-order valence-electron chi connectivity index (χ0n) is 17.8. The van der Waals surface area contributed by atoms with Crippen LogP contribution in [0.4, 0.5) is 0 Å². The van der Waals surface area contributed by atoms with Gasteiger partial charge in [-0.1, -0.05) is 33.1 Å². The summed E-state index contributed by atoms with van der Waals surface area (Å²) in [6, 6.07) is 0.465. The Kier molecular flexibility index (Phi) is 7.83. The van der Waals surface area contributed by atoms with Crippen LogP contribution >= 0.6 is 0 Å². The fourth-order valence-electron chi connectivity index (χ4n) is 5.15. The number of hydrogen-bond acceptors (Lipinski definition) is 3. The fourth-order valence-corrected chi connectivity index (χ4v) is 5.15. The van der Waals surface area contributed by atoms with Gasteiger partial charge in [0.1, 0.15) is 0 Å². The van der Waals surface area contributed by atoms with E-state index in [9.17, 15) is 0 Å². The van der Waals surface area contributed by atoms with Crippen LogP contribution in [-0.4, -0.2) is 50.5 Å². The van der Waals surface area contributed by atoms with Crippen LogP contribution < -0.4 is 10.6 Å². The molecule has 0 aromatic carbocycles. The Morgan fingerprint density at radius 3 is 2.70 bits per heavy atom. The molecule has 1 saturated heterocycles. The molecule has 0 aromatic heterocycles. The Hall–Kier alpha value is -0.810. The van der Waals surface area contributed by atoms with Gasteiger partial charge in [-0.15, -0.1) is 0 Å². The standard InChI is InChI=1S/C22H41N3O2/c1-4-23-21(25-19-18-13-16-27-20(18)22(19,2)3)24-14-9-6-10-15-26-17-11-7-5-8-12-17/h17-20H,4-16H2,1-3H3,(H2,23,24,25). The lowest BCUT2D eigenvalue weighted by molar-refractivity contribution is -0.106. The highest BCUT2D eigenvalue weighted by atomic mass is 16.5. The third-order valence-electron chi connectivity index (χ3n) is 6.72. The first-order valence-corrected chi connectivity index (χ1v) is 11.4. The largest absolute Gasteiger partial charge is 0.378 e. The van der Waals surface area contributed by atoms with Crippen molar-refractivity contribution in [3.63, 3.8) is 0 Å². The van der Waals surface area contributed by atoms with Crippen molar-refractivity contribution in [2.75, 3.05) is 26.3 Å². The van der Waals surface area contributed by atoms with Crippen molar-refractivity contribution in [1.82, 2.24) is 10.6 Å². The number of unbranched alkanes of at least 4 members (excludes halogenated alkanes) is 2. The number of hydrogen-bond donors (Lipinski definition) is 2. The van der Waals surface area contributed by atoms with Crippen molar-refractivity contribution in [2.45, 2.75) is 96.8 Å². The number of nitrogens with zero attached hydrogens (tertiary/aromatic N) is 1. The number of ether oxygens (including phenoxy) is 2. The molecule has 2 aliphatic carbocycles. The van der Waals surface area contributed by atoms with E-state index in [0.717, 1.165) is 45.1 Å². The minimum atomic E-state index is 0.188. The first-order chi connectivity index (χ1) is 13.1. The van der Waals surface area contributed by atoms with Gasteiger partial charge in [-0.2, -0.15) is 0 Å². The molecule has 5 nitrogen and oxygen atoms in total. The minimum absolute atomic E-state index is 0.188. The van der Waals surface area contributed by atoms with Crippen LogP contribution in [0.3, 0.4) is 0 Å². The molecule has 0 spiro atoms. The van der Waals surface area contributed by atoms with E-state index < -0.39 is 0 Å². The zero-order valence-corrected chi connectivity index (χ0v) is 17.8. The second-order valence-electron chi connectivity index (χ2n) is 9.14. The zero-order chi connectivity index (χ0) is 19.1. The van der Waals surface area contributed by atoms with Gasteiger partial charge < -0.3 is 20.1 Å². The molecule has 5 heteroatoms. The predicted octanol–water partition coefficient (Wildman–Crippen LogP) is 3.87. The SMILES string of the molecule is CCNC(=NCCCCCOC1CCCCC1)NC1C2CCOC2C1(C)C. The van der Waals surface area contributed by atoms with Crippen LogP contribution in [0.25, 0.3) is 0 Å². The van der Waals surface area contributed by atoms with Crippen LogP contribution in [-0.2, 0) is 9.47 Å². The summed E-state index contributed by atoms with van der Waals surface area (Å²) >= 11 is 0. The van der Waals surface area contributed by atoms with Gasteiger partial charge in [0.2, 0.25) is 0 Å². The molecule has 0 aromatic rings. The maximum Gasteiger partial charge on any atom is 0.191 e. The summed E-state index contributed by atoms with van der Waals surface area (Å²) in [6.07, 6.45) is 12.3. The van der Waals surface area contributed by atoms with Crippen LogP contribution in [0, 0.1) is 11.3 Å². The first kappa shape index (κ1) is 20.9. The highest BCUT2D eigenvalue weighted by Crippen LogP contribution is 2.52. The first-order valence-electron chi connectivity index (χ1n) is 11.4. The van der Waals surface area contributed by atoms with Gasteiger partial charge in [0.25, 0.3) is 0 Å². The van der Waals surface area contributed by atoms with Crippen molar-refractivity contribution in [3.05, 3.63) is 0 Å². The smallest absolute Gasteiger partial charge is 0.191 e. The highest BCUT2D eigenvalue weighted by Gasteiger charge is 2.59. The molecule has 0 amide bonds. The molecule has 3 atom stereocenters. The fraction of sp³-hybridized carbons (Fsp3) is 0.955. The third kappa shape index (κ3) is 5.38. The van der Waals surface area contributed by atoms with Crippen LogP contribution in [0.15, 0.2) is 4.99 Å². The minimum Gasteiger partial charge on any atom is -0.378 e. The van der Waals surface area contributed by atoms with E-state index in [1.54, 1.807) is 0 Å². The molecule has 1 heterocycles. The van der Waals surface area contributed by atoms with E-state index in [2.05, 4.69) is 31.4 Å². The number of guanidine groups is 1. The average molecular weight is 380 g/mol. The van der Waals surface area contributed by atoms with Gasteiger partial charge in [0.05, 0.1) is 12.2 Å². The number of nitrogens with one attached hydrogen (secondary N) is 2. The molecule has 27 heavy (non-hydrogen) atoms. The van der Waals surface area contributed by atoms with Crippen LogP contribution in [0.2, 0.25) is 0 Å². The summed E-state index contributed by atoms with van der Waals surface area (Å²) in [7, 11) is 0. The number of aliphatic imine (C=N–C) groups is 1. The van der Waals surface area contributed by atoms with Gasteiger partial charge in [0, 0.05) is 43.7 Å². The van der Waals surface area contributed by atoms with Gasteiger partial charge in [-0.05, 0) is 45.4 Å². The van der Waals surface area contributed by atoms with E-state index in [0.29, 0.717) is 24.2 Å². The molecule has 3 rings (SSSR count). The Labute approximate surface area is 166 Å². The van der Waals surface area contributed by atoms with Gasteiger partial charge in [-0.3, -0.25) is 4.99 Å². The molecule has 0 bridgehead atoms.